The van der Waals surface area contributed by atoms with Gasteiger partial charge in [0.2, 0.25) is 0 Å². The van der Waals surface area contributed by atoms with Crippen molar-refractivity contribution in [2.45, 2.75) is 50.7 Å². The molecule has 0 amide bonds. The van der Waals surface area contributed by atoms with Crippen LogP contribution in [0.5, 0.6) is 5.75 Å². The van der Waals surface area contributed by atoms with Crippen molar-refractivity contribution in [2.75, 3.05) is 0 Å². The molecule has 33 heavy (non-hydrogen) atoms. The summed E-state index contributed by atoms with van der Waals surface area (Å²) >= 11 is 0. The highest BCUT2D eigenvalue weighted by Crippen LogP contribution is 2.40. The largest absolute Gasteiger partial charge is 0.435 e. The minimum Gasteiger partial charge on any atom is -0.435 e. The molecule has 1 saturated carbocycles. The average molecular weight is 447 g/mol. The van der Waals surface area contributed by atoms with E-state index in [4.69, 9.17) is 9.72 Å². The fraction of sp³-hybridized carbons (Fsp3) is 0.308. The van der Waals surface area contributed by atoms with Crippen LogP contribution in [-0.2, 0) is 12.8 Å². The van der Waals surface area contributed by atoms with Gasteiger partial charge in [-0.2, -0.15) is 8.78 Å². The molecule has 1 aliphatic heterocycles. The number of alkyl halides is 2. The number of aromatic nitrogens is 3. The van der Waals surface area contributed by atoms with Crippen LogP contribution in [0.4, 0.5) is 8.78 Å². The molecule has 168 valence electrons. The Bertz CT molecular complexity index is 1400. The number of para-hydroxylation sites is 1. The molecular weight excluding hydrogens is 424 g/mol. The molecule has 0 bridgehead atoms. The Balaban J connectivity index is 1.37. The molecule has 1 fully saturated rings. The number of H-pyrrole nitrogens is 1. The van der Waals surface area contributed by atoms with Crippen LogP contribution in [0, 0.1) is 0 Å². The Labute approximate surface area is 189 Å². The molecule has 3 heterocycles. The lowest BCUT2D eigenvalue weighted by molar-refractivity contribution is -0.0505. The Morgan fingerprint density at radius 3 is 2.76 bits per heavy atom. The van der Waals surface area contributed by atoms with Crippen molar-refractivity contribution in [3.8, 4) is 16.9 Å². The number of nitrogens with zero attached hydrogens (tertiary/aromatic N) is 2. The number of hydrogen-bond acceptors (Lipinski definition) is 3. The number of nitrogens with one attached hydrogen (secondary N) is 1. The highest BCUT2D eigenvalue weighted by Gasteiger charge is 2.28. The number of aryl methyl sites for hydroxylation is 1. The highest BCUT2D eigenvalue weighted by molar-refractivity contribution is 5.83. The summed E-state index contributed by atoms with van der Waals surface area (Å²) in [5, 5.41) is 0. The summed E-state index contributed by atoms with van der Waals surface area (Å²) in [6, 6.07) is 15.3. The third-order valence-corrected chi connectivity index (χ3v) is 6.76. The number of imidazole rings is 1. The lowest BCUT2D eigenvalue weighted by Gasteiger charge is -2.17. The van der Waals surface area contributed by atoms with Gasteiger partial charge in [0, 0.05) is 24.2 Å². The second-order valence-corrected chi connectivity index (χ2v) is 8.93. The van der Waals surface area contributed by atoms with Crippen LogP contribution < -0.4 is 10.3 Å². The zero-order valence-corrected chi connectivity index (χ0v) is 17.9. The number of pyridine rings is 1. The molecule has 7 heteroatoms. The second kappa shape index (κ2) is 7.83. The van der Waals surface area contributed by atoms with Gasteiger partial charge in [-0.3, -0.25) is 4.79 Å². The van der Waals surface area contributed by atoms with E-state index >= 15 is 0 Å². The number of halogens is 2. The minimum absolute atomic E-state index is 0.00248. The zero-order chi connectivity index (χ0) is 22.5. The van der Waals surface area contributed by atoms with E-state index in [0.717, 1.165) is 64.8 Å². The van der Waals surface area contributed by atoms with Crippen molar-refractivity contribution in [1.82, 2.24) is 14.5 Å². The molecule has 1 atom stereocenters. The fourth-order valence-corrected chi connectivity index (χ4v) is 5.03. The van der Waals surface area contributed by atoms with Crippen LogP contribution in [0.2, 0.25) is 0 Å². The SMILES string of the molecule is O=c1[nH]cc(-c2ccc3nc4n(c3c2)C(Cc2ccccc2OC(F)F)CC4)cc1C1CC1. The first-order valence-electron chi connectivity index (χ1n) is 11.3. The van der Waals surface area contributed by atoms with Gasteiger partial charge in [-0.25, -0.2) is 4.98 Å². The smallest absolute Gasteiger partial charge is 0.387 e. The summed E-state index contributed by atoms with van der Waals surface area (Å²) in [5.74, 6) is 1.61. The molecule has 0 radical (unpaired) electrons. The van der Waals surface area contributed by atoms with Crippen LogP contribution in [0.15, 0.2) is 59.5 Å². The quantitative estimate of drug-likeness (QED) is 0.419. The number of rotatable bonds is 6. The maximum Gasteiger partial charge on any atom is 0.387 e. The number of fused-ring (bicyclic) bond motifs is 3. The van der Waals surface area contributed by atoms with Gasteiger partial charge in [0.05, 0.1) is 11.0 Å². The Morgan fingerprint density at radius 1 is 1.09 bits per heavy atom. The van der Waals surface area contributed by atoms with Gasteiger partial charge in [-0.15, -0.1) is 0 Å². The zero-order valence-electron chi connectivity index (χ0n) is 17.9. The highest BCUT2D eigenvalue weighted by atomic mass is 19.3. The van der Waals surface area contributed by atoms with E-state index in [1.807, 2.05) is 30.3 Å². The van der Waals surface area contributed by atoms with Crippen molar-refractivity contribution in [3.63, 3.8) is 0 Å². The molecule has 2 aromatic heterocycles. The van der Waals surface area contributed by atoms with Crippen molar-refractivity contribution in [3.05, 3.63) is 82.0 Å². The number of hydrogen-bond donors (Lipinski definition) is 1. The second-order valence-electron chi connectivity index (χ2n) is 8.93. The van der Waals surface area contributed by atoms with E-state index in [1.165, 1.54) is 0 Å². The Kier molecular flexibility index (Phi) is 4.78. The van der Waals surface area contributed by atoms with Gasteiger partial charge in [-0.1, -0.05) is 24.3 Å². The molecule has 5 nitrogen and oxygen atoms in total. The van der Waals surface area contributed by atoms with E-state index in [-0.39, 0.29) is 17.4 Å². The van der Waals surface area contributed by atoms with Crippen molar-refractivity contribution in [2.24, 2.45) is 0 Å². The molecule has 1 aliphatic carbocycles. The van der Waals surface area contributed by atoms with Crippen molar-refractivity contribution < 1.29 is 13.5 Å². The maximum absolute atomic E-state index is 12.9. The summed E-state index contributed by atoms with van der Waals surface area (Å²) < 4.78 is 32.7. The van der Waals surface area contributed by atoms with E-state index in [9.17, 15) is 13.6 Å². The van der Waals surface area contributed by atoms with Gasteiger partial charge in [0.25, 0.3) is 5.56 Å². The van der Waals surface area contributed by atoms with Crippen LogP contribution in [0.3, 0.4) is 0 Å². The third-order valence-electron chi connectivity index (χ3n) is 6.76. The normalized spacial score (nSPS) is 17.6. The molecule has 1 unspecified atom stereocenters. The van der Waals surface area contributed by atoms with Crippen LogP contribution in [0.25, 0.3) is 22.2 Å². The van der Waals surface area contributed by atoms with Crippen LogP contribution >= 0.6 is 0 Å². The standard InChI is InChI=1S/C26H23F2N3O2/c27-26(28)33-23-4-2-1-3-17(23)11-19-8-10-24-30-21-9-7-16(13-22(21)31(19)24)18-12-20(15-5-6-15)25(32)29-14-18/h1-4,7,9,12-15,19,26H,5-6,8,10-11H2,(H,29,32). The van der Waals surface area contributed by atoms with Gasteiger partial charge >= 0.3 is 6.61 Å². The number of aromatic amines is 1. The first-order chi connectivity index (χ1) is 16.1. The maximum atomic E-state index is 12.9. The molecule has 4 aromatic rings. The van der Waals surface area contributed by atoms with Gasteiger partial charge in [0.15, 0.2) is 0 Å². The van der Waals surface area contributed by atoms with E-state index in [1.54, 1.807) is 18.3 Å². The summed E-state index contributed by atoms with van der Waals surface area (Å²) in [6.45, 7) is -2.85. The predicted molar refractivity (Wildman–Crippen MR) is 122 cm³/mol. The lowest BCUT2D eigenvalue weighted by atomic mass is 10.0. The molecule has 1 N–H and O–H groups in total. The predicted octanol–water partition coefficient (Wildman–Crippen LogP) is 5.60. The molecule has 0 saturated heterocycles. The van der Waals surface area contributed by atoms with Crippen LogP contribution in [-0.4, -0.2) is 21.1 Å². The van der Waals surface area contributed by atoms with E-state index < -0.39 is 6.61 Å². The van der Waals surface area contributed by atoms with Gasteiger partial charge in [-0.05, 0) is 72.6 Å². The minimum atomic E-state index is -2.85. The summed E-state index contributed by atoms with van der Waals surface area (Å²) in [6.07, 6.45) is 6.25. The van der Waals surface area contributed by atoms with Crippen molar-refractivity contribution in [1.29, 1.82) is 0 Å². The van der Waals surface area contributed by atoms with E-state index in [2.05, 4.69) is 15.6 Å². The molecule has 2 aromatic carbocycles. The first kappa shape index (κ1) is 20.1. The van der Waals surface area contributed by atoms with E-state index in [0.29, 0.717) is 12.3 Å². The number of ether oxygens (including phenoxy) is 1. The molecule has 2 aliphatic rings. The molecular formula is C26H23F2N3O2. The van der Waals surface area contributed by atoms with Crippen LogP contribution in [0.1, 0.15) is 48.2 Å². The monoisotopic (exact) mass is 447 g/mol. The number of benzene rings is 2. The fourth-order valence-electron chi connectivity index (χ4n) is 5.03. The Morgan fingerprint density at radius 2 is 1.94 bits per heavy atom. The van der Waals surface area contributed by atoms with Gasteiger partial charge in [0.1, 0.15) is 11.6 Å². The lowest BCUT2D eigenvalue weighted by Crippen LogP contribution is -2.11. The Hall–Kier alpha value is -3.48. The summed E-state index contributed by atoms with van der Waals surface area (Å²) in [7, 11) is 0. The first-order valence-corrected chi connectivity index (χ1v) is 11.3. The summed E-state index contributed by atoms with van der Waals surface area (Å²) in [5.41, 5.74) is 5.58. The van der Waals surface area contributed by atoms with Gasteiger partial charge < -0.3 is 14.3 Å². The summed E-state index contributed by atoms with van der Waals surface area (Å²) in [4.78, 5) is 19.9. The molecule has 6 rings (SSSR count). The van der Waals surface area contributed by atoms with Crippen molar-refractivity contribution >= 4 is 11.0 Å². The average Bonchev–Trinajstić information content (AvgIpc) is 3.47. The third kappa shape index (κ3) is 3.71. The topological polar surface area (TPSA) is 59.9 Å². The molecule has 0 spiro atoms.